The minimum absolute atomic E-state index is 0.00634. The number of primary sulfonamides is 1. The summed E-state index contributed by atoms with van der Waals surface area (Å²) >= 11 is 0. The number of fused-ring (bicyclic) bond motifs is 1. The number of halogens is 2. The van der Waals surface area contributed by atoms with Crippen LogP contribution in [0.1, 0.15) is 11.4 Å². The van der Waals surface area contributed by atoms with Crippen molar-refractivity contribution >= 4 is 37.7 Å². The molecule has 0 saturated carbocycles. The lowest BCUT2D eigenvalue weighted by molar-refractivity contribution is -0.00235. The van der Waals surface area contributed by atoms with E-state index in [1.807, 2.05) is 5.53 Å². The maximum atomic E-state index is 14.2. The molecule has 0 radical (unpaired) electrons. The van der Waals surface area contributed by atoms with Crippen LogP contribution in [0.15, 0.2) is 45.2 Å². The van der Waals surface area contributed by atoms with Gasteiger partial charge in [-0.15, -0.1) is 5.10 Å². The van der Waals surface area contributed by atoms with Gasteiger partial charge >= 0.3 is 5.92 Å². The molecule has 1 unspecified atom stereocenters. The lowest BCUT2D eigenvalue weighted by atomic mass is 9.97. The third-order valence-corrected chi connectivity index (χ3v) is 7.36. The summed E-state index contributed by atoms with van der Waals surface area (Å²) in [5.41, 5.74) is 19.0. The average molecular weight is 516 g/mol. The van der Waals surface area contributed by atoms with Crippen LogP contribution in [0.2, 0.25) is 0 Å². The van der Waals surface area contributed by atoms with Crippen molar-refractivity contribution < 1.29 is 21.4 Å². The van der Waals surface area contributed by atoms with E-state index in [1.165, 1.54) is 30.3 Å². The molecule has 0 aliphatic rings. The number of nitrogens with zero attached hydrogens (tertiary/aromatic N) is 2. The van der Waals surface area contributed by atoms with E-state index in [2.05, 4.69) is 15.1 Å². The van der Waals surface area contributed by atoms with E-state index in [4.69, 9.17) is 28.2 Å². The summed E-state index contributed by atoms with van der Waals surface area (Å²) in [7, 11) is -6.38. The van der Waals surface area contributed by atoms with Gasteiger partial charge in [-0.1, -0.05) is 18.2 Å². The predicted molar refractivity (Wildman–Crippen MR) is 124 cm³/mol. The van der Waals surface area contributed by atoms with Crippen molar-refractivity contribution in [3.8, 4) is 11.1 Å². The van der Waals surface area contributed by atoms with Crippen LogP contribution in [-0.4, -0.2) is 47.3 Å². The van der Waals surface area contributed by atoms with Gasteiger partial charge in [0.15, 0.2) is 11.7 Å². The summed E-state index contributed by atoms with van der Waals surface area (Å²) in [6.45, 7) is -0.973. The molecule has 0 amide bonds. The number of para-hydroxylation sites is 1. The Morgan fingerprint density at radius 2 is 1.91 bits per heavy atom. The fourth-order valence-corrected chi connectivity index (χ4v) is 5.80. The first-order chi connectivity index (χ1) is 16.0. The maximum Gasteiger partial charge on any atom is 0.316 e. The second kappa shape index (κ2) is 9.69. The van der Waals surface area contributed by atoms with Crippen molar-refractivity contribution in [1.82, 2.24) is 15.5 Å². The van der Waals surface area contributed by atoms with Gasteiger partial charge in [-0.05, 0) is 17.7 Å². The van der Waals surface area contributed by atoms with Crippen molar-refractivity contribution in [3.05, 3.63) is 41.7 Å². The summed E-state index contributed by atoms with van der Waals surface area (Å²) in [6.07, 6.45) is 0. The molecule has 1 aromatic heterocycles. The summed E-state index contributed by atoms with van der Waals surface area (Å²) in [6, 6.07) is 7.26. The summed E-state index contributed by atoms with van der Waals surface area (Å²) < 4.78 is 66.3. The molecule has 1 heterocycles. The average Bonchev–Trinajstić information content (AvgIpc) is 3.23. The Balaban J connectivity index is 2.45. The Kier molecular flexibility index (Phi) is 7.29. The molecule has 0 aliphatic carbocycles. The fourth-order valence-electron chi connectivity index (χ4n) is 3.37. The van der Waals surface area contributed by atoms with Crippen molar-refractivity contribution in [3.63, 3.8) is 0 Å². The third-order valence-electron chi connectivity index (χ3n) is 4.80. The van der Waals surface area contributed by atoms with E-state index in [1.54, 1.807) is 0 Å². The number of H-pyrrole nitrogens is 1. The van der Waals surface area contributed by atoms with Gasteiger partial charge < -0.3 is 22.2 Å². The van der Waals surface area contributed by atoms with Crippen LogP contribution < -0.4 is 33.7 Å². The number of nitrogens with two attached hydrogens (primary N) is 5. The number of hydrogen-bond acceptors (Lipinski definition) is 9. The normalized spacial score (nSPS) is 13.9. The van der Waals surface area contributed by atoms with Gasteiger partial charge in [0.1, 0.15) is 4.90 Å². The third kappa shape index (κ3) is 4.77. The molecule has 0 fully saturated rings. The molecule has 0 spiro atoms. The van der Waals surface area contributed by atoms with Crippen molar-refractivity contribution in [2.24, 2.45) is 33.3 Å². The Bertz CT molecular complexity index is 1390. The van der Waals surface area contributed by atoms with Gasteiger partial charge in [0.05, 0.1) is 33.3 Å². The fraction of sp³-hybridized carbons (Fsp3) is 0.222. The second-order valence-electron chi connectivity index (χ2n) is 7.02. The number of hydrazone groups is 1. The predicted octanol–water partition coefficient (Wildman–Crippen LogP) is -0.922. The van der Waals surface area contributed by atoms with Gasteiger partial charge in [0, 0.05) is 23.4 Å². The van der Waals surface area contributed by atoms with Crippen molar-refractivity contribution in [1.29, 1.82) is 0 Å². The minimum atomic E-state index is -4.52. The van der Waals surface area contributed by atoms with Crippen LogP contribution in [0.25, 0.3) is 22.2 Å². The number of aromatic amines is 1. The number of alkyl halides is 2. The monoisotopic (exact) mass is 515 g/mol. The number of rotatable bonds is 9. The standard InChI is InChI=1S/C18H23F2N9O3S2/c19-18(20,8-22)17-26-11-3-1-2-10(14(11)27-17)9-4-5-12(33(30)7-6-21)15(34(25,31)32)13(9)16(23)28-29-24/h1-5,29H,6-8,21-22,24H2,(H2,23,28)(H,26,27)(H2,25,31,32). The number of amidine groups is 1. The van der Waals surface area contributed by atoms with Crippen LogP contribution in [0.4, 0.5) is 8.78 Å². The van der Waals surface area contributed by atoms with E-state index in [9.17, 15) is 21.4 Å². The molecule has 16 heteroatoms. The highest BCUT2D eigenvalue weighted by atomic mass is 32.2. The largest absolute Gasteiger partial charge is 0.382 e. The lowest BCUT2D eigenvalue weighted by Crippen LogP contribution is -2.28. The quantitative estimate of drug-likeness (QED) is 0.0806. The second-order valence-corrected chi connectivity index (χ2v) is 10.1. The first-order valence-electron chi connectivity index (χ1n) is 9.61. The number of imidazole rings is 1. The van der Waals surface area contributed by atoms with Gasteiger partial charge in [-0.3, -0.25) is 4.21 Å². The Labute approximate surface area is 195 Å². The number of nitrogens with one attached hydrogen (secondary N) is 2. The molecular weight excluding hydrogens is 492 g/mol. The minimum Gasteiger partial charge on any atom is -0.382 e. The van der Waals surface area contributed by atoms with Crippen molar-refractivity contribution in [2.45, 2.75) is 15.7 Å². The van der Waals surface area contributed by atoms with Crippen LogP contribution in [0.3, 0.4) is 0 Å². The Morgan fingerprint density at radius 3 is 2.50 bits per heavy atom. The van der Waals surface area contributed by atoms with Crippen LogP contribution in [0, 0.1) is 0 Å². The summed E-state index contributed by atoms with van der Waals surface area (Å²) in [5.74, 6) is 0.663. The summed E-state index contributed by atoms with van der Waals surface area (Å²) in [5, 5.41) is 9.13. The highest BCUT2D eigenvalue weighted by Gasteiger charge is 2.34. The molecule has 184 valence electrons. The smallest absolute Gasteiger partial charge is 0.316 e. The molecule has 0 saturated heterocycles. The van der Waals surface area contributed by atoms with E-state index in [0.717, 1.165) is 0 Å². The first-order valence-corrected chi connectivity index (χ1v) is 12.5. The molecule has 1 atom stereocenters. The topological polar surface area (TPSA) is 234 Å². The SMILES string of the molecule is NCCS(=O)c1ccc(-c2cccc3[nH]c(C(F)(F)CN)nc23)c(/C(N)=N/NN)c1S(N)(=O)=O. The van der Waals surface area contributed by atoms with Gasteiger partial charge in [-0.2, -0.15) is 8.78 Å². The zero-order chi connectivity index (χ0) is 25.3. The van der Waals surface area contributed by atoms with E-state index < -0.39 is 49.8 Å². The number of hydrogen-bond donors (Lipinski definition) is 7. The van der Waals surface area contributed by atoms with Crippen LogP contribution in [-0.2, 0) is 26.7 Å². The molecule has 34 heavy (non-hydrogen) atoms. The Morgan fingerprint density at radius 1 is 1.21 bits per heavy atom. The van der Waals surface area contributed by atoms with E-state index in [-0.39, 0.29) is 44.9 Å². The van der Waals surface area contributed by atoms with Crippen LogP contribution in [0.5, 0.6) is 0 Å². The highest BCUT2D eigenvalue weighted by molar-refractivity contribution is 7.91. The molecule has 12 nitrogen and oxygen atoms in total. The van der Waals surface area contributed by atoms with E-state index in [0.29, 0.717) is 0 Å². The lowest BCUT2D eigenvalue weighted by Gasteiger charge is -2.17. The van der Waals surface area contributed by atoms with Gasteiger partial charge in [-0.25, -0.2) is 29.9 Å². The number of aromatic nitrogens is 2. The molecule has 12 N–H and O–H groups in total. The molecule has 0 aliphatic heterocycles. The molecular formula is C18H23F2N9O3S2. The van der Waals surface area contributed by atoms with Gasteiger partial charge in [0.2, 0.25) is 10.0 Å². The number of sulfonamides is 1. The summed E-state index contributed by atoms with van der Waals surface area (Å²) in [4.78, 5) is 5.81. The zero-order valence-corrected chi connectivity index (χ0v) is 19.2. The Hall–Kier alpha value is -3.02. The first kappa shape index (κ1) is 25.6. The molecule has 0 bridgehead atoms. The number of hydrazine groups is 1. The van der Waals surface area contributed by atoms with Crippen LogP contribution >= 0.6 is 0 Å². The molecule has 2 aromatic carbocycles. The number of benzene rings is 2. The molecule has 3 aromatic rings. The molecule has 3 rings (SSSR count). The van der Waals surface area contributed by atoms with E-state index >= 15 is 0 Å². The van der Waals surface area contributed by atoms with Gasteiger partial charge in [0.25, 0.3) is 0 Å². The zero-order valence-electron chi connectivity index (χ0n) is 17.6. The maximum absolute atomic E-state index is 14.2. The van der Waals surface area contributed by atoms with Crippen molar-refractivity contribution in [2.75, 3.05) is 18.8 Å². The highest BCUT2D eigenvalue weighted by Crippen LogP contribution is 2.37.